The van der Waals surface area contributed by atoms with Gasteiger partial charge in [0.2, 0.25) is 5.91 Å². The molecule has 1 heterocycles. The minimum Gasteiger partial charge on any atom is -0.381 e. The van der Waals surface area contributed by atoms with E-state index in [1.54, 1.807) is 6.07 Å². The highest BCUT2D eigenvalue weighted by molar-refractivity contribution is 5.93. The molecule has 2 atom stereocenters. The van der Waals surface area contributed by atoms with Crippen molar-refractivity contribution in [1.82, 2.24) is 4.90 Å². The second-order valence-corrected chi connectivity index (χ2v) is 4.81. The summed E-state index contributed by atoms with van der Waals surface area (Å²) < 4.78 is 0. The predicted octanol–water partition coefficient (Wildman–Crippen LogP) is 1.29. The number of hydrogen-bond donors (Lipinski definition) is 2. The quantitative estimate of drug-likeness (QED) is 0.827. The summed E-state index contributed by atoms with van der Waals surface area (Å²) in [7, 11) is 2.13. The molecular formula is C13H19N3O. The van der Waals surface area contributed by atoms with Crippen LogP contribution in [0.4, 0.5) is 5.69 Å². The molecule has 2 unspecified atom stereocenters. The van der Waals surface area contributed by atoms with E-state index in [-0.39, 0.29) is 5.91 Å². The van der Waals surface area contributed by atoms with Crippen molar-refractivity contribution in [1.29, 1.82) is 0 Å². The molecule has 1 aliphatic rings. The van der Waals surface area contributed by atoms with Crippen LogP contribution in [0.3, 0.4) is 0 Å². The number of nitrogens with zero attached hydrogens (tertiary/aromatic N) is 1. The van der Waals surface area contributed by atoms with Crippen LogP contribution in [0, 0.1) is 0 Å². The number of rotatable bonds is 3. The molecule has 1 aromatic carbocycles. The molecule has 4 nitrogen and oxygen atoms in total. The van der Waals surface area contributed by atoms with Crippen LogP contribution in [-0.4, -0.2) is 36.5 Å². The zero-order chi connectivity index (χ0) is 12.4. The second-order valence-electron chi connectivity index (χ2n) is 4.81. The number of carbonyl (C=O) groups is 1. The van der Waals surface area contributed by atoms with Gasteiger partial charge in [0.1, 0.15) is 0 Å². The minimum absolute atomic E-state index is 0.384. The predicted molar refractivity (Wildman–Crippen MR) is 69.1 cm³/mol. The Hall–Kier alpha value is -1.55. The number of amides is 1. The number of likely N-dealkylation sites (tertiary alicyclic amines) is 1. The molecule has 3 N–H and O–H groups in total. The molecule has 0 aliphatic carbocycles. The summed E-state index contributed by atoms with van der Waals surface area (Å²) in [5, 5.41) is 3.45. The maximum atomic E-state index is 11.1. The zero-order valence-corrected chi connectivity index (χ0v) is 10.3. The first-order chi connectivity index (χ1) is 8.06. The molecular weight excluding hydrogens is 214 g/mol. The summed E-state index contributed by atoms with van der Waals surface area (Å²) in [5.41, 5.74) is 6.78. The number of carbonyl (C=O) groups excluding carboxylic acids is 1. The van der Waals surface area contributed by atoms with Gasteiger partial charge in [-0.25, -0.2) is 0 Å². The summed E-state index contributed by atoms with van der Waals surface area (Å²) in [6, 6.07) is 8.41. The van der Waals surface area contributed by atoms with Crippen LogP contribution in [0.15, 0.2) is 24.3 Å². The minimum atomic E-state index is -0.384. The van der Waals surface area contributed by atoms with Crippen molar-refractivity contribution in [3.05, 3.63) is 29.8 Å². The molecule has 1 aromatic rings. The van der Waals surface area contributed by atoms with Crippen molar-refractivity contribution in [2.75, 3.05) is 18.9 Å². The Bertz CT molecular complexity index is 409. The van der Waals surface area contributed by atoms with Crippen molar-refractivity contribution >= 4 is 11.6 Å². The molecule has 4 heteroatoms. The van der Waals surface area contributed by atoms with Gasteiger partial charge in [0.15, 0.2) is 0 Å². The molecule has 2 rings (SSSR count). The van der Waals surface area contributed by atoms with Gasteiger partial charge in [0.25, 0.3) is 0 Å². The zero-order valence-electron chi connectivity index (χ0n) is 10.3. The molecule has 1 amide bonds. The average molecular weight is 233 g/mol. The topological polar surface area (TPSA) is 58.4 Å². The number of benzene rings is 1. The van der Waals surface area contributed by atoms with Gasteiger partial charge in [0, 0.05) is 29.9 Å². The van der Waals surface area contributed by atoms with Gasteiger partial charge in [-0.3, -0.25) is 4.79 Å². The lowest BCUT2D eigenvalue weighted by atomic mass is 10.1. The molecule has 0 bridgehead atoms. The van der Waals surface area contributed by atoms with E-state index in [2.05, 4.69) is 24.2 Å². The smallest absolute Gasteiger partial charge is 0.248 e. The molecule has 17 heavy (non-hydrogen) atoms. The Kier molecular flexibility index (Phi) is 3.33. The summed E-state index contributed by atoms with van der Waals surface area (Å²) in [6.45, 7) is 3.25. The van der Waals surface area contributed by atoms with E-state index in [9.17, 15) is 4.79 Å². The van der Waals surface area contributed by atoms with Gasteiger partial charge in [-0.05, 0) is 38.6 Å². The lowest BCUT2D eigenvalue weighted by Gasteiger charge is -2.14. The molecule has 0 aromatic heterocycles. The average Bonchev–Trinajstić information content (AvgIpc) is 2.58. The first kappa shape index (κ1) is 11.9. The van der Waals surface area contributed by atoms with Gasteiger partial charge >= 0.3 is 0 Å². The van der Waals surface area contributed by atoms with E-state index in [0.717, 1.165) is 18.7 Å². The third-order valence-corrected chi connectivity index (χ3v) is 3.40. The third-order valence-electron chi connectivity index (χ3n) is 3.40. The van der Waals surface area contributed by atoms with E-state index in [1.807, 2.05) is 18.2 Å². The Morgan fingerprint density at radius 2 is 2.29 bits per heavy atom. The number of anilines is 1. The number of nitrogens with two attached hydrogens (primary N) is 1. The second kappa shape index (κ2) is 4.75. The summed E-state index contributed by atoms with van der Waals surface area (Å²) >= 11 is 0. The van der Waals surface area contributed by atoms with Gasteiger partial charge in [-0.1, -0.05) is 6.07 Å². The van der Waals surface area contributed by atoms with Crippen LogP contribution in [-0.2, 0) is 0 Å². The highest BCUT2D eigenvalue weighted by atomic mass is 16.1. The molecule has 0 radical (unpaired) electrons. The number of likely N-dealkylation sites (N-methyl/N-ethyl adjacent to an activating group) is 1. The number of nitrogens with one attached hydrogen (secondary N) is 1. The van der Waals surface area contributed by atoms with Gasteiger partial charge < -0.3 is 16.0 Å². The third kappa shape index (κ3) is 2.77. The lowest BCUT2D eigenvalue weighted by Crippen LogP contribution is -2.25. The molecule has 1 fully saturated rings. The van der Waals surface area contributed by atoms with Crippen LogP contribution >= 0.6 is 0 Å². The maximum Gasteiger partial charge on any atom is 0.248 e. The lowest BCUT2D eigenvalue weighted by molar-refractivity contribution is 0.100. The first-order valence-corrected chi connectivity index (χ1v) is 5.93. The van der Waals surface area contributed by atoms with Gasteiger partial charge in [0.05, 0.1) is 0 Å². The van der Waals surface area contributed by atoms with Crippen molar-refractivity contribution < 1.29 is 4.79 Å². The largest absolute Gasteiger partial charge is 0.381 e. The highest BCUT2D eigenvalue weighted by Crippen LogP contribution is 2.20. The molecule has 1 aliphatic heterocycles. The van der Waals surface area contributed by atoms with E-state index < -0.39 is 0 Å². The molecule has 0 saturated carbocycles. The summed E-state index contributed by atoms with van der Waals surface area (Å²) in [6.07, 6.45) is 1.12. The highest BCUT2D eigenvalue weighted by Gasteiger charge is 2.25. The molecule has 1 saturated heterocycles. The fraction of sp³-hybridized carbons (Fsp3) is 0.462. The monoisotopic (exact) mass is 233 g/mol. The van der Waals surface area contributed by atoms with Gasteiger partial charge in [-0.2, -0.15) is 0 Å². The van der Waals surface area contributed by atoms with E-state index in [4.69, 9.17) is 5.73 Å². The standard InChI is InChI=1S/C13H19N3O/c1-9-6-12(8-16(9)2)15-11-5-3-4-10(7-11)13(14)17/h3-5,7,9,12,15H,6,8H2,1-2H3,(H2,14,17). The SMILES string of the molecule is CC1CC(Nc2cccc(C(N)=O)c2)CN1C. The fourth-order valence-corrected chi connectivity index (χ4v) is 2.30. The normalized spacial score (nSPS) is 24.8. The number of hydrogen-bond acceptors (Lipinski definition) is 3. The Balaban J connectivity index is 2.04. The first-order valence-electron chi connectivity index (χ1n) is 5.93. The van der Waals surface area contributed by atoms with Crippen molar-refractivity contribution in [3.63, 3.8) is 0 Å². The van der Waals surface area contributed by atoms with Crippen molar-refractivity contribution in [2.24, 2.45) is 5.73 Å². The van der Waals surface area contributed by atoms with Gasteiger partial charge in [-0.15, -0.1) is 0 Å². The summed E-state index contributed by atoms with van der Waals surface area (Å²) in [4.78, 5) is 13.4. The van der Waals surface area contributed by atoms with Crippen LogP contribution in [0.25, 0.3) is 0 Å². The Labute approximate surface area is 102 Å². The Morgan fingerprint density at radius 1 is 1.53 bits per heavy atom. The fourth-order valence-electron chi connectivity index (χ4n) is 2.30. The van der Waals surface area contributed by atoms with Crippen LogP contribution < -0.4 is 11.1 Å². The van der Waals surface area contributed by atoms with E-state index in [0.29, 0.717) is 17.6 Å². The van der Waals surface area contributed by atoms with E-state index >= 15 is 0 Å². The Morgan fingerprint density at radius 3 is 2.88 bits per heavy atom. The maximum absolute atomic E-state index is 11.1. The van der Waals surface area contributed by atoms with Crippen LogP contribution in [0.1, 0.15) is 23.7 Å². The molecule has 0 spiro atoms. The van der Waals surface area contributed by atoms with Crippen LogP contribution in [0.5, 0.6) is 0 Å². The molecule has 92 valence electrons. The summed E-state index contributed by atoms with van der Waals surface area (Å²) in [5.74, 6) is -0.384. The van der Waals surface area contributed by atoms with Crippen LogP contribution in [0.2, 0.25) is 0 Å². The van der Waals surface area contributed by atoms with Crippen molar-refractivity contribution in [3.8, 4) is 0 Å². The van der Waals surface area contributed by atoms with E-state index in [1.165, 1.54) is 0 Å². The number of primary amides is 1. The van der Waals surface area contributed by atoms with Crippen molar-refractivity contribution in [2.45, 2.75) is 25.4 Å².